The average molecular weight is 393 g/mol. The monoisotopic (exact) mass is 392 g/mol. The Morgan fingerprint density at radius 2 is 2.13 bits per heavy atom. The zero-order valence-electron chi connectivity index (χ0n) is 6.77. The van der Waals surface area contributed by atoms with E-state index in [-0.39, 0.29) is 13.7 Å². The van der Waals surface area contributed by atoms with Crippen molar-refractivity contribution >= 4 is 38.5 Å². The van der Waals surface area contributed by atoms with E-state index in [2.05, 4.69) is 25.7 Å². The van der Waals surface area contributed by atoms with Gasteiger partial charge in [-0.2, -0.15) is 5.26 Å². The molecule has 15 heavy (non-hydrogen) atoms. The number of rotatable bonds is 1. The van der Waals surface area contributed by atoms with Crippen molar-refractivity contribution in [1.82, 2.24) is 4.98 Å². The number of ether oxygens (including phenoxy) is 1. The molecule has 0 saturated heterocycles. The van der Waals surface area contributed by atoms with Gasteiger partial charge in [-0.05, 0) is 38.5 Å². The molecule has 0 amide bonds. The minimum Gasteiger partial charge on any atom is -0.401 e. The molecule has 0 radical (unpaired) electrons. The summed E-state index contributed by atoms with van der Waals surface area (Å²) in [6, 6.07) is 1.62. The van der Waals surface area contributed by atoms with Gasteiger partial charge in [-0.15, -0.1) is 13.2 Å². The topological polar surface area (TPSA) is 45.9 Å². The highest BCUT2D eigenvalue weighted by Gasteiger charge is 2.34. The summed E-state index contributed by atoms with van der Waals surface area (Å²) in [7, 11) is 0. The number of aromatic nitrogens is 1. The van der Waals surface area contributed by atoms with Gasteiger partial charge in [-0.3, -0.25) is 0 Å². The minimum atomic E-state index is -4.85. The highest BCUT2D eigenvalue weighted by atomic mass is 127. The number of nitriles is 1. The molecule has 0 aromatic carbocycles. The lowest BCUT2D eigenvalue weighted by atomic mass is 10.3. The quantitative estimate of drug-likeness (QED) is 0.544. The number of nitrogens with zero attached hydrogens (tertiary/aromatic N) is 2. The summed E-state index contributed by atoms with van der Waals surface area (Å²) >= 11 is 4.49. The van der Waals surface area contributed by atoms with Crippen molar-refractivity contribution in [2.75, 3.05) is 0 Å². The van der Waals surface area contributed by atoms with Gasteiger partial charge < -0.3 is 4.74 Å². The second-order valence-electron chi connectivity index (χ2n) is 2.26. The highest BCUT2D eigenvalue weighted by Crippen LogP contribution is 2.33. The number of alkyl halides is 3. The summed E-state index contributed by atoms with van der Waals surface area (Å²) in [4.78, 5) is 3.60. The van der Waals surface area contributed by atoms with E-state index in [1.807, 2.05) is 0 Å². The second kappa shape index (κ2) is 4.52. The third-order valence-corrected chi connectivity index (χ3v) is 2.66. The Kier molecular flexibility index (Phi) is 3.77. The van der Waals surface area contributed by atoms with E-state index >= 15 is 0 Å². The van der Waals surface area contributed by atoms with Crippen molar-refractivity contribution < 1.29 is 17.9 Å². The number of hydrogen-bond acceptors (Lipinski definition) is 3. The molecule has 0 spiro atoms. The van der Waals surface area contributed by atoms with Gasteiger partial charge in [0, 0.05) is 6.20 Å². The first-order valence-electron chi connectivity index (χ1n) is 3.35. The van der Waals surface area contributed by atoms with Gasteiger partial charge in [0.25, 0.3) is 0 Å². The van der Waals surface area contributed by atoms with Crippen LogP contribution in [0.25, 0.3) is 0 Å². The highest BCUT2D eigenvalue weighted by molar-refractivity contribution is 14.1. The first kappa shape index (κ1) is 12.5. The standard InChI is InChI=1S/C7HBrF3IN2O/c8-6-5(15-7(9,10)11)3(1-13)4(12)2-14-6/h2H. The molecule has 0 atom stereocenters. The predicted molar refractivity (Wildman–Crippen MR) is 56.1 cm³/mol. The molecule has 0 N–H and O–H groups in total. The molecule has 1 heterocycles. The Balaban J connectivity index is 3.28. The fraction of sp³-hybridized carbons (Fsp3) is 0.143. The van der Waals surface area contributed by atoms with Gasteiger partial charge in [0.05, 0.1) is 3.57 Å². The van der Waals surface area contributed by atoms with Crippen molar-refractivity contribution in [2.24, 2.45) is 0 Å². The maximum absolute atomic E-state index is 12.0. The Labute approximate surface area is 105 Å². The lowest BCUT2D eigenvalue weighted by Crippen LogP contribution is -2.18. The van der Waals surface area contributed by atoms with Crippen LogP contribution >= 0.6 is 38.5 Å². The molecule has 0 bridgehead atoms. The van der Waals surface area contributed by atoms with Crippen molar-refractivity contribution in [3.05, 3.63) is 19.9 Å². The van der Waals surface area contributed by atoms with Crippen molar-refractivity contribution in [2.45, 2.75) is 6.36 Å². The molecule has 1 aromatic rings. The third kappa shape index (κ3) is 3.20. The Morgan fingerprint density at radius 3 is 2.60 bits per heavy atom. The second-order valence-corrected chi connectivity index (χ2v) is 4.17. The number of pyridine rings is 1. The molecule has 1 aromatic heterocycles. The molecular weight excluding hydrogens is 392 g/mol. The van der Waals surface area contributed by atoms with E-state index in [1.165, 1.54) is 6.20 Å². The molecular formula is C7HBrF3IN2O. The van der Waals surface area contributed by atoms with Crippen molar-refractivity contribution in [3.8, 4) is 11.8 Å². The van der Waals surface area contributed by atoms with Crippen LogP contribution in [0.2, 0.25) is 0 Å². The fourth-order valence-electron chi connectivity index (χ4n) is 0.761. The number of halogens is 5. The van der Waals surface area contributed by atoms with E-state index in [0.29, 0.717) is 0 Å². The van der Waals surface area contributed by atoms with Crippen molar-refractivity contribution in [1.29, 1.82) is 5.26 Å². The lowest BCUT2D eigenvalue weighted by Gasteiger charge is -2.11. The predicted octanol–water partition coefficient (Wildman–Crippen LogP) is 3.22. The molecule has 8 heteroatoms. The first-order chi connectivity index (χ1) is 6.85. The fourth-order valence-corrected chi connectivity index (χ4v) is 1.65. The van der Waals surface area contributed by atoms with Crippen LogP contribution in [0.1, 0.15) is 5.56 Å². The maximum Gasteiger partial charge on any atom is 0.573 e. The SMILES string of the molecule is N#Cc1c(I)cnc(Br)c1OC(F)(F)F. The molecule has 0 saturated carbocycles. The van der Waals surface area contributed by atoms with Crippen LogP contribution in [-0.4, -0.2) is 11.3 Å². The molecule has 80 valence electrons. The van der Waals surface area contributed by atoms with Crippen LogP contribution in [0.5, 0.6) is 5.75 Å². The van der Waals surface area contributed by atoms with E-state index in [0.717, 1.165) is 0 Å². The summed E-state index contributed by atoms with van der Waals surface area (Å²) in [5, 5.41) is 8.67. The Bertz CT molecular complexity index is 429. The minimum absolute atomic E-state index is 0.156. The van der Waals surface area contributed by atoms with Gasteiger partial charge in [0.1, 0.15) is 16.2 Å². The van der Waals surface area contributed by atoms with E-state index in [4.69, 9.17) is 5.26 Å². The summed E-state index contributed by atoms with van der Waals surface area (Å²) in [5.41, 5.74) is -0.199. The summed E-state index contributed by atoms with van der Waals surface area (Å²) in [5.74, 6) is -0.614. The summed E-state index contributed by atoms with van der Waals surface area (Å²) in [6.45, 7) is 0. The van der Waals surface area contributed by atoms with Gasteiger partial charge in [-0.1, -0.05) is 0 Å². The Morgan fingerprint density at radius 1 is 1.53 bits per heavy atom. The molecule has 0 aliphatic carbocycles. The van der Waals surface area contributed by atoms with Crippen LogP contribution < -0.4 is 4.74 Å². The van der Waals surface area contributed by atoms with E-state index in [1.54, 1.807) is 28.7 Å². The average Bonchev–Trinajstić information content (AvgIpc) is 2.10. The maximum atomic E-state index is 12.0. The van der Waals surface area contributed by atoms with E-state index in [9.17, 15) is 13.2 Å². The Hall–Kier alpha value is -0.560. The molecule has 0 fully saturated rings. The van der Waals surface area contributed by atoms with Crippen molar-refractivity contribution in [3.63, 3.8) is 0 Å². The molecule has 0 aliphatic rings. The van der Waals surface area contributed by atoms with Crippen LogP contribution in [-0.2, 0) is 0 Å². The van der Waals surface area contributed by atoms with Crippen LogP contribution in [0.15, 0.2) is 10.8 Å². The third-order valence-electron chi connectivity index (χ3n) is 1.27. The normalized spacial score (nSPS) is 10.9. The van der Waals surface area contributed by atoms with Gasteiger partial charge >= 0.3 is 6.36 Å². The zero-order valence-corrected chi connectivity index (χ0v) is 10.5. The summed E-state index contributed by atoms with van der Waals surface area (Å²) in [6.07, 6.45) is -3.58. The van der Waals surface area contributed by atoms with Gasteiger partial charge in [0.15, 0.2) is 5.75 Å². The summed E-state index contributed by atoms with van der Waals surface area (Å²) < 4.78 is 39.8. The van der Waals surface area contributed by atoms with Gasteiger partial charge in [0.2, 0.25) is 0 Å². The van der Waals surface area contributed by atoms with Crippen LogP contribution in [0.4, 0.5) is 13.2 Å². The molecule has 3 nitrogen and oxygen atoms in total. The first-order valence-corrected chi connectivity index (χ1v) is 5.22. The van der Waals surface area contributed by atoms with Gasteiger partial charge in [-0.25, -0.2) is 4.98 Å². The molecule has 1 rings (SSSR count). The largest absolute Gasteiger partial charge is 0.573 e. The molecule has 0 unspecified atom stereocenters. The van der Waals surface area contributed by atoms with Crippen LogP contribution in [0.3, 0.4) is 0 Å². The molecule has 0 aliphatic heterocycles. The zero-order chi connectivity index (χ0) is 11.6. The smallest absolute Gasteiger partial charge is 0.401 e. The van der Waals surface area contributed by atoms with E-state index < -0.39 is 12.1 Å². The lowest BCUT2D eigenvalue weighted by molar-refractivity contribution is -0.275. The van der Waals surface area contributed by atoms with Crippen LogP contribution in [0, 0.1) is 14.9 Å². The number of hydrogen-bond donors (Lipinski definition) is 0.